The van der Waals surface area contributed by atoms with Gasteiger partial charge < -0.3 is 114 Å². The van der Waals surface area contributed by atoms with Crippen molar-refractivity contribution in [1.29, 1.82) is 0 Å². The number of aliphatic hydroxyl groups is 1. The second-order valence-electron chi connectivity index (χ2n) is 28.2. The van der Waals surface area contributed by atoms with Crippen LogP contribution in [0.3, 0.4) is 0 Å². The number of likely N-dealkylation sites (tertiary alicyclic amines) is 1. The number of carbonyl (C=O) groups excluding carboxylic acids is 12. The Bertz CT molecular complexity index is 3820. The first-order chi connectivity index (χ1) is 54.9. The van der Waals surface area contributed by atoms with Gasteiger partial charge >= 0.3 is 41.8 Å². The standard InChI is InChI=1S/C71H103N15O29S2/c1-36(2)21-43(63(106)79-48(71(114)115)26-56(95)96)75-67(110)50(35-117)81-69(112)61(38(5)87)82-53(91)28-73-62(105)44(23-39-8-12-41(88)13-9-39)76-64(107)45(24-40-10-14-42(89)15-11-40)77-65(108)46(25-55(93)94)78-66(109)49(34-116)80-68(111)51-7-6-16-86(51)70(113)47(22-37(3)4)74-52(90)27-72-54(92)29-84(31-58(99)100)19-17-83(30-57(97)98)18-20-85(32-59(101)102)33-60(103)104/h8-15,36-38,43-51,61,87-89,116-117H,6-7,16-35H2,1-5H3,(H,72,92)(H,73,105)(H,74,90)(H,75,110)(H,76,107)(H,77,108)(H,78,109)(H,79,106)(H,80,111)(H,81,112)(H,82,91)(H,93,94)(H,95,96)(H,97,98)(H,99,100)(H,101,102)(H,103,104)(H,114,115)/t38-,43+,44+,45+,46+,47+,48+,49+,50+,51+,61+/m1/s1. The summed E-state index contributed by atoms with van der Waals surface area (Å²) in [5, 5.41) is 123. The number of thiol groups is 2. The molecule has 1 saturated heterocycles. The van der Waals surface area contributed by atoms with Gasteiger partial charge in [-0.25, -0.2) is 4.79 Å². The van der Waals surface area contributed by atoms with Crippen molar-refractivity contribution in [2.24, 2.45) is 11.8 Å². The van der Waals surface area contributed by atoms with Gasteiger partial charge in [-0.3, -0.25) is 101 Å². The number of nitrogens with zero attached hydrogens (tertiary/aromatic N) is 4. The van der Waals surface area contributed by atoms with E-state index < -0.39 is 262 Å². The van der Waals surface area contributed by atoms with Crippen molar-refractivity contribution >= 4 is 138 Å². The van der Waals surface area contributed by atoms with E-state index in [1.807, 2.05) is 0 Å². The Labute approximate surface area is 680 Å². The van der Waals surface area contributed by atoms with E-state index in [1.165, 1.54) is 53.4 Å². The number of aliphatic carboxylic acids is 7. The molecule has 3 rings (SSSR count). The molecular weight excluding hydrogens is 1590 g/mol. The Hall–Kier alpha value is -11.5. The van der Waals surface area contributed by atoms with Gasteiger partial charge in [0, 0.05) is 57.1 Å². The molecular formula is C71H103N15O29S2. The monoisotopic (exact) mass is 1690 g/mol. The molecule has 1 aliphatic rings. The van der Waals surface area contributed by atoms with Crippen molar-refractivity contribution in [3.05, 3.63) is 59.7 Å². The molecule has 0 aliphatic carbocycles. The summed E-state index contributed by atoms with van der Waals surface area (Å²) in [5.41, 5.74) is 0.518. The number of aromatic hydroxyl groups is 2. The fourth-order valence-corrected chi connectivity index (χ4v) is 12.2. The summed E-state index contributed by atoms with van der Waals surface area (Å²) in [6.45, 7) is 1.77. The van der Waals surface area contributed by atoms with Gasteiger partial charge in [0.25, 0.3) is 0 Å². The van der Waals surface area contributed by atoms with Gasteiger partial charge in [0.15, 0.2) is 0 Å². The summed E-state index contributed by atoms with van der Waals surface area (Å²) in [7, 11) is 0. The number of phenols is 2. The first-order valence-corrected chi connectivity index (χ1v) is 37.9. The zero-order chi connectivity index (χ0) is 88.1. The molecule has 2 aromatic rings. The average Bonchev–Trinajstić information content (AvgIpc) is 1.71. The topological polar surface area (TPSA) is 672 Å². The second-order valence-corrected chi connectivity index (χ2v) is 28.9. The zero-order valence-corrected chi connectivity index (χ0v) is 66.4. The molecule has 44 nitrogen and oxygen atoms in total. The molecule has 648 valence electrons. The molecule has 0 bridgehead atoms. The molecule has 0 spiro atoms. The third kappa shape index (κ3) is 37.8. The van der Waals surface area contributed by atoms with Crippen LogP contribution in [0, 0.1) is 11.8 Å². The zero-order valence-electron chi connectivity index (χ0n) is 64.6. The van der Waals surface area contributed by atoms with Gasteiger partial charge in [0.1, 0.15) is 71.9 Å². The molecule has 1 heterocycles. The largest absolute Gasteiger partial charge is 0.508 e. The molecule has 0 saturated carbocycles. The lowest BCUT2D eigenvalue weighted by atomic mass is 10.0. The van der Waals surface area contributed by atoms with Gasteiger partial charge in [-0.1, -0.05) is 52.0 Å². The average molecular weight is 1690 g/mol. The summed E-state index contributed by atoms with van der Waals surface area (Å²) >= 11 is 8.33. The molecule has 11 atom stereocenters. The summed E-state index contributed by atoms with van der Waals surface area (Å²) in [6.07, 6.45) is -4.67. The van der Waals surface area contributed by atoms with Crippen molar-refractivity contribution in [2.45, 2.75) is 153 Å². The lowest BCUT2D eigenvalue weighted by molar-refractivity contribution is -0.147. The lowest BCUT2D eigenvalue weighted by Gasteiger charge is -2.30. The van der Waals surface area contributed by atoms with E-state index in [1.54, 1.807) is 27.7 Å². The maximum atomic E-state index is 14.6. The Kier molecular flexibility index (Phi) is 42.7. The number of carboxylic acids is 7. The van der Waals surface area contributed by atoms with E-state index in [4.69, 9.17) is 5.11 Å². The van der Waals surface area contributed by atoms with Gasteiger partial charge in [0.05, 0.1) is 64.8 Å². The van der Waals surface area contributed by atoms with Crippen LogP contribution in [-0.4, -0.2) is 340 Å². The second kappa shape index (κ2) is 50.1. The van der Waals surface area contributed by atoms with E-state index >= 15 is 0 Å². The predicted octanol–water partition coefficient (Wildman–Crippen LogP) is -6.92. The SMILES string of the molecule is CC(C)C[C@H](NC(=O)[C@H](CS)NC(=O)[C@@H](NC(=O)CNC(=O)[C@H](Cc1ccc(O)cc1)NC(=O)[C@H](Cc1ccc(O)cc1)NC(=O)[C@H](CC(=O)O)NC(=O)[C@H](CS)NC(=O)[C@@H]1CCCN1C(=O)[C@H](CC(C)C)NC(=O)CNC(=O)CN(CCN(CCN(CC(=O)O)CC(=O)O)CC(=O)O)CC(=O)O)[C@@H](C)O)C(=O)N[C@@H](CC(=O)O)C(=O)O. The summed E-state index contributed by atoms with van der Waals surface area (Å²) in [4.78, 5) is 253. The number of amides is 12. The number of hydrogen-bond donors (Lipinski definition) is 23. The van der Waals surface area contributed by atoms with E-state index in [2.05, 4.69) is 83.7 Å². The number of carboxylic acid groups (broad SMARTS) is 7. The maximum absolute atomic E-state index is 14.6. The van der Waals surface area contributed by atoms with Crippen LogP contribution in [0.15, 0.2) is 48.5 Å². The molecule has 12 amide bonds. The van der Waals surface area contributed by atoms with E-state index in [-0.39, 0.29) is 92.9 Å². The van der Waals surface area contributed by atoms with Crippen LogP contribution in [-0.2, 0) is 104 Å². The van der Waals surface area contributed by atoms with Crippen LogP contribution < -0.4 is 58.5 Å². The first-order valence-electron chi connectivity index (χ1n) is 36.6. The molecule has 0 radical (unpaired) electrons. The number of benzene rings is 2. The van der Waals surface area contributed by atoms with Crippen molar-refractivity contribution in [1.82, 2.24) is 78.1 Å². The van der Waals surface area contributed by atoms with Crippen LogP contribution in [0.5, 0.6) is 11.5 Å². The van der Waals surface area contributed by atoms with Gasteiger partial charge in [0.2, 0.25) is 70.9 Å². The molecule has 2 aromatic carbocycles. The molecule has 117 heavy (non-hydrogen) atoms. The molecule has 46 heteroatoms. The predicted molar refractivity (Wildman–Crippen MR) is 412 cm³/mol. The Morgan fingerprint density at radius 1 is 0.410 bits per heavy atom. The highest BCUT2D eigenvalue weighted by molar-refractivity contribution is 7.80. The van der Waals surface area contributed by atoms with E-state index in [9.17, 15) is 137 Å². The van der Waals surface area contributed by atoms with Crippen LogP contribution in [0.2, 0.25) is 0 Å². The highest BCUT2D eigenvalue weighted by atomic mass is 32.1. The minimum Gasteiger partial charge on any atom is -0.508 e. The molecule has 0 unspecified atom stereocenters. The Balaban J connectivity index is 1.82. The number of hydrogen-bond acceptors (Lipinski definition) is 27. The Morgan fingerprint density at radius 3 is 1.25 bits per heavy atom. The number of aliphatic hydroxyl groups excluding tert-OH is 1. The number of nitrogens with one attached hydrogen (secondary N) is 11. The quantitative estimate of drug-likeness (QED) is 0.0274. The maximum Gasteiger partial charge on any atom is 0.326 e. The van der Waals surface area contributed by atoms with Crippen molar-refractivity contribution in [3.8, 4) is 11.5 Å². The smallest absolute Gasteiger partial charge is 0.326 e. The van der Waals surface area contributed by atoms with Crippen LogP contribution in [0.1, 0.15) is 84.3 Å². The summed E-state index contributed by atoms with van der Waals surface area (Å²) in [5.74, 6) is -25.1. The summed E-state index contributed by atoms with van der Waals surface area (Å²) < 4.78 is 0. The minimum absolute atomic E-state index is 0.0103. The van der Waals surface area contributed by atoms with Gasteiger partial charge in [-0.2, -0.15) is 25.3 Å². The van der Waals surface area contributed by atoms with Crippen molar-refractivity contribution < 1.29 is 142 Å². The normalized spacial score (nSPS) is 15.1. The molecule has 0 aromatic heterocycles. The van der Waals surface area contributed by atoms with Crippen molar-refractivity contribution in [2.75, 3.05) is 90.0 Å². The van der Waals surface area contributed by atoms with Gasteiger partial charge in [-0.15, -0.1) is 0 Å². The van der Waals surface area contributed by atoms with Gasteiger partial charge in [-0.05, 0) is 79.8 Å². The van der Waals surface area contributed by atoms with Crippen LogP contribution >= 0.6 is 25.3 Å². The third-order valence-corrected chi connectivity index (χ3v) is 18.1. The Morgan fingerprint density at radius 2 is 0.786 bits per heavy atom. The highest BCUT2D eigenvalue weighted by Gasteiger charge is 2.41. The number of rotatable bonds is 54. The van der Waals surface area contributed by atoms with E-state index in [0.29, 0.717) is 0 Å². The minimum atomic E-state index is -2.06. The first kappa shape index (κ1) is 99.7. The summed E-state index contributed by atoms with van der Waals surface area (Å²) in [6, 6.07) is -6.40. The van der Waals surface area contributed by atoms with Crippen LogP contribution in [0.4, 0.5) is 0 Å². The fraction of sp³-hybridized carbons (Fsp3) is 0.563. The van der Waals surface area contributed by atoms with Crippen LogP contribution in [0.25, 0.3) is 0 Å². The third-order valence-electron chi connectivity index (χ3n) is 17.4. The van der Waals surface area contributed by atoms with Crippen molar-refractivity contribution in [3.63, 3.8) is 0 Å². The molecule has 21 N–H and O–H groups in total. The van der Waals surface area contributed by atoms with E-state index in [0.717, 1.165) is 21.6 Å². The fourth-order valence-electron chi connectivity index (χ4n) is 11.7. The highest BCUT2D eigenvalue weighted by Crippen LogP contribution is 2.22. The lowest BCUT2D eigenvalue weighted by Crippen LogP contribution is -2.61. The number of phenolic OH excluding ortho intramolecular Hbond substituents is 2. The molecule has 1 fully saturated rings. The number of carbonyl (C=O) groups is 19. The molecule has 1 aliphatic heterocycles.